The maximum Gasteiger partial charge on any atom is 0.136 e. The van der Waals surface area contributed by atoms with E-state index in [2.05, 4.69) is 55.4 Å². The lowest BCUT2D eigenvalue weighted by molar-refractivity contribution is -0.289. The monoisotopic (exact) mass is 442 g/mol. The minimum Gasteiger partial charge on any atom is -0.393 e. The van der Waals surface area contributed by atoms with Crippen LogP contribution >= 0.6 is 0 Å². The van der Waals surface area contributed by atoms with Crippen molar-refractivity contribution in [1.29, 1.82) is 0 Å². The second kappa shape index (κ2) is 6.64. The number of fused-ring (bicyclic) bond motifs is 7. The normalized spacial score (nSPS) is 59.4. The van der Waals surface area contributed by atoms with E-state index >= 15 is 0 Å². The molecule has 0 amide bonds. The Bertz CT molecular complexity index is 816. The van der Waals surface area contributed by atoms with Crippen molar-refractivity contribution >= 4 is 5.78 Å². The van der Waals surface area contributed by atoms with Gasteiger partial charge in [0.2, 0.25) is 0 Å². The molecular formula is C30H50O2. The van der Waals surface area contributed by atoms with Gasteiger partial charge in [-0.05, 0) is 103 Å². The average molecular weight is 443 g/mol. The van der Waals surface area contributed by atoms with Gasteiger partial charge in [0.05, 0.1) is 6.10 Å². The highest BCUT2D eigenvalue weighted by Crippen LogP contribution is 2.78. The van der Waals surface area contributed by atoms with Crippen LogP contribution in [0.1, 0.15) is 120 Å². The number of carbonyl (C=O) groups excluding carboxylic acids is 1. The van der Waals surface area contributed by atoms with Crippen molar-refractivity contribution in [3.05, 3.63) is 0 Å². The molecule has 5 aliphatic rings. The molecule has 5 fully saturated rings. The lowest BCUT2D eigenvalue weighted by atomic mass is 9.29. The molecule has 10 atom stereocenters. The van der Waals surface area contributed by atoms with Gasteiger partial charge in [0.15, 0.2) is 0 Å². The van der Waals surface area contributed by atoms with Crippen LogP contribution in [0.4, 0.5) is 0 Å². The van der Waals surface area contributed by atoms with Gasteiger partial charge in [-0.25, -0.2) is 0 Å². The fraction of sp³-hybridized carbons (Fsp3) is 0.967. The van der Waals surface area contributed by atoms with E-state index in [9.17, 15) is 9.90 Å². The number of hydrogen-bond donors (Lipinski definition) is 1. The SMILES string of the molecule is C[C@H]1C(=O)CC[C@@H]2[C@]1(C)CC[C@H]1[C@@]2(C)[C@H](O)C[C@@]2(C)[C@@H]3CC(C)(C)CC[C@]3(C)CC[C@]12C. The molecule has 0 spiro atoms. The standard InChI is InChI=1S/C30H50O2/c1-19-20(31)9-10-21-27(19,5)12-11-22-28(6)16-15-26(4)14-13-25(2,3)17-23(26)29(28,7)18-24(32)30(21,22)8/h19,21-24,32H,9-18H2,1-8H3/t19-,21+,22+,23+,24+,26+,27+,28+,29-,30-/m0/s1. The van der Waals surface area contributed by atoms with Gasteiger partial charge in [-0.3, -0.25) is 4.79 Å². The van der Waals surface area contributed by atoms with Gasteiger partial charge in [-0.1, -0.05) is 55.4 Å². The van der Waals surface area contributed by atoms with E-state index in [4.69, 9.17) is 0 Å². The van der Waals surface area contributed by atoms with Gasteiger partial charge in [-0.2, -0.15) is 0 Å². The van der Waals surface area contributed by atoms with Gasteiger partial charge < -0.3 is 5.11 Å². The number of Topliss-reactive ketones (excluding diaryl/α,β-unsaturated/α-hetero) is 1. The smallest absolute Gasteiger partial charge is 0.136 e. The molecule has 1 N–H and O–H groups in total. The van der Waals surface area contributed by atoms with Crippen molar-refractivity contribution in [2.45, 2.75) is 126 Å². The van der Waals surface area contributed by atoms with E-state index in [0.717, 1.165) is 25.7 Å². The van der Waals surface area contributed by atoms with Crippen LogP contribution in [0.5, 0.6) is 0 Å². The summed E-state index contributed by atoms with van der Waals surface area (Å²) < 4.78 is 0. The molecular weight excluding hydrogens is 392 g/mol. The zero-order valence-corrected chi connectivity index (χ0v) is 22.3. The van der Waals surface area contributed by atoms with Gasteiger partial charge >= 0.3 is 0 Å². The molecule has 0 radical (unpaired) electrons. The molecule has 0 aliphatic heterocycles. The van der Waals surface area contributed by atoms with Crippen molar-refractivity contribution in [3.63, 3.8) is 0 Å². The molecule has 0 unspecified atom stereocenters. The van der Waals surface area contributed by atoms with E-state index in [1.54, 1.807) is 0 Å². The van der Waals surface area contributed by atoms with E-state index in [1.807, 2.05) is 0 Å². The number of rotatable bonds is 0. The summed E-state index contributed by atoms with van der Waals surface area (Å²) in [6.07, 6.45) is 11.5. The third kappa shape index (κ3) is 2.66. The molecule has 2 heteroatoms. The molecule has 182 valence electrons. The lowest BCUT2D eigenvalue weighted by Gasteiger charge is -2.75. The quantitative estimate of drug-likeness (QED) is 0.423. The second-order valence-corrected chi connectivity index (χ2v) is 15.4. The first-order valence-electron chi connectivity index (χ1n) is 13.8. The van der Waals surface area contributed by atoms with E-state index in [0.29, 0.717) is 34.4 Å². The average Bonchev–Trinajstić information content (AvgIpc) is 2.70. The largest absolute Gasteiger partial charge is 0.393 e. The maximum absolute atomic E-state index is 12.7. The summed E-state index contributed by atoms with van der Waals surface area (Å²) in [6, 6.07) is 0. The predicted octanol–water partition coefficient (Wildman–Crippen LogP) is 7.43. The highest BCUT2D eigenvalue weighted by atomic mass is 16.3. The summed E-state index contributed by atoms with van der Waals surface area (Å²) in [6.45, 7) is 19.8. The fourth-order valence-electron chi connectivity index (χ4n) is 11.2. The van der Waals surface area contributed by atoms with Crippen LogP contribution in [0.2, 0.25) is 0 Å². The van der Waals surface area contributed by atoms with E-state index in [1.165, 1.54) is 38.5 Å². The highest BCUT2D eigenvalue weighted by Gasteiger charge is 2.73. The molecule has 0 saturated heterocycles. The molecule has 32 heavy (non-hydrogen) atoms. The molecule has 0 bridgehead atoms. The van der Waals surface area contributed by atoms with Crippen LogP contribution < -0.4 is 0 Å². The van der Waals surface area contributed by atoms with Crippen molar-refractivity contribution in [3.8, 4) is 0 Å². The third-order valence-corrected chi connectivity index (χ3v) is 13.8. The Morgan fingerprint density at radius 1 is 0.750 bits per heavy atom. The fourth-order valence-corrected chi connectivity index (χ4v) is 11.2. The summed E-state index contributed by atoms with van der Waals surface area (Å²) in [7, 11) is 0. The Labute approximate surface area is 197 Å². The first kappa shape index (κ1) is 23.4. The van der Waals surface area contributed by atoms with Crippen LogP contribution in [0, 0.1) is 56.2 Å². The third-order valence-electron chi connectivity index (χ3n) is 13.8. The summed E-state index contributed by atoms with van der Waals surface area (Å²) in [5.41, 5.74) is 1.33. The lowest BCUT2D eigenvalue weighted by Crippen LogP contribution is -2.71. The topological polar surface area (TPSA) is 37.3 Å². The van der Waals surface area contributed by atoms with Crippen molar-refractivity contribution in [2.24, 2.45) is 56.2 Å². The molecule has 5 rings (SSSR count). The van der Waals surface area contributed by atoms with Crippen molar-refractivity contribution < 1.29 is 9.90 Å². The molecule has 0 heterocycles. The Balaban J connectivity index is 1.59. The van der Waals surface area contributed by atoms with Crippen molar-refractivity contribution in [2.75, 3.05) is 0 Å². The Kier molecular flexibility index (Phi) is 4.85. The number of aliphatic hydroxyl groups is 1. The van der Waals surface area contributed by atoms with Crippen LogP contribution in [0.25, 0.3) is 0 Å². The second-order valence-electron chi connectivity index (χ2n) is 15.4. The Morgan fingerprint density at radius 2 is 1.41 bits per heavy atom. The van der Waals surface area contributed by atoms with Crippen LogP contribution in [0.3, 0.4) is 0 Å². The van der Waals surface area contributed by atoms with Crippen molar-refractivity contribution in [1.82, 2.24) is 0 Å². The Hall–Kier alpha value is -0.370. The summed E-state index contributed by atoms with van der Waals surface area (Å²) in [4.78, 5) is 12.7. The van der Waals surface area contributed by atoms with Gasteiger partial charge in [0, 0.05) is 17.8 Å². The molecule has 0 aromatic heterocycles. The van der Waals surface area contributed by atoms with Gasteiger partial charge in [-0.15, -0.1) is 0 Å². The van der Waals surface area contributed by atoms with Crippen LogP contribution in [-0.4, -0.2) is 17.0 Å². The number of carbonyl (C=O) groups is 1. The number of aliphatic hydroxyl groups excluding tert-OH is 1. The molecule has 5 saturated carbocycles. The first-order valence-corrected chi connectivity index (χ1v) is 13.8. The maximum atomic E-state index is 12.7. The summed E-state index contributed by atoms with van der Waals surface area (Å²) in [5, 5.41) is 12.1. The first-order chi connectivity index (χ1) is 14.6. The number of hydrogen-bond acceptors (Lipinski definition) is 2. The zero-order chi connectivity index (χ0) is 23.5. The molecule has 5 aliphatic carbocycles. The van der Waals surface area contributed by atoms with Gasteiger partial charge in [0.1, 0.15) is 5.78 Å². The predicted molar refractivity (Wildman–Crippen MR) is 131 cm³/mol. The highest BCUT2D eigenvalue weighted by molar-refractivity contribution is 5.82. The Morgan fingerprint density at radius 3 is 2.09 bits per heavy atom. The van der Waals surface area contributed by atoms with E-state index in [-0.39, 0.29) is 33.7 Å². The number of ketones is 1. The van der Waals surface area contributed by atoms with Crippen LogP contribution in [-0.2, 0) is 4.79 Å². The molecule has 0 aromatic carbocycles. The van der Waals surface area contributed by atoms with Gasteiger partial charge in [0.25, 0.3) is 0 Å². The minimum absolute atomic E-state index is 0.0572. The molecule has 0 aromatic rings. The molecule has 2 nitrogen and oxygen atoms in total. The zero-order valence-electron chi connectivity index (χ0n) is 22.3. The summed E-state index contributed by atoms with van der Waals surface area (Å²) in [5.74, 6) is 2.34. The van der Waals surface area contributed by atoms with Crippen LogP contribution in [0.15, 0.2) is 0 Å². The summed E-state index contributed by atoms with van der Waals surface area (Å²) >= 11 is 0. The van der Waals surface area contributed by atoms with E-state index < -0.39 is 0 Å². The minimum atomic E-state index is -0.247.